The van der Waals surface area contributed by atoms with Gasteiger partial charge in [-0.3, -0.25) is 14.9 Å². The van der Waals surface area contributed by atoms with E-state index in [-0.39, 0.29) is 5.57 Å². The molecule has 0 aromatic heterocycles. The van der Waals surface area contributed by atoms with Crippen LogP contribution in [0.1, 0.15) is 16.7 Å². The van der Waals surface area contributed by atoms with E-state index in [9.17, 15) is 14.4 Å². The molecule has 6 nitrogen and oxygen atoms in total. The van der Waals surface area contributed by atoms with E-state index in [1.165, 1.54) is 6.08 Å². The maximum atomic E-state index is 13.1. The maximum absolute atomic E-state index is 13.1. The van der Waals surface area contributed by atoms with Crippen molar-refractivity contribution in [1.82, 2.24) is 5.32 Å². The average molecular weight is 573 g/mol. The number of carbonyl (C=O) groups is 3. The molecule has 0 atom stereocenters. The summed E-state index contributed by atoms with van der Waals surface area (Å²) in [6, 6.07) is 18.9. The summed E-state index contributed by atoms with van der Waals surface area (Å²) in [6.45, 7) is 0. The number of carbonyl (C=O) groups excluding carboxylic acids is 3. The molecular weight excluding hydrogens is 555 g/mol. The number of hydrogen-bond acceptors (Lipinski definition) is 4. The summed E-state index contributed by atoms with van der Waals surface area (Å²) >= 11 is 8.52. The molecular formula is C25H18ClIN2O4. The van der Waals surface area contributed by atoms with E-state index in [1.807, 2.05) is 30.3 Å². The third-order valence-electron chi connectivity index (χ3n) is 5.15. The highest BCUT2D eigenvalue weighted by Crippen LogP contribution is 2.32. The van der Waals surface area contributed by atoms with Gasteiger partial charge in [0.15, 0.2) is 0 Å². The summed E-state index contributed by atoms with van der Waals surface area (Å²) in [5, 5.41) is 2.90. The monoisotopic (exact) mass is 572 g/mol. The lowest BCUT2D eigenvalue weighted by Gasteiger charge is -2.26. The zero-order valence-corrected chi connectivity index (χ0v) is 20.4. The van der Waals surface area contributed by atoms with E-state index >= 15 is 0 Å². The number of nitrogens with one attached hydrogen (secondary N) is 1. The molecule has 3 aromatic carbocycles. The molecule has 1 N–H and O–H groups in total. The van der Waals surface area contributed by atoms with E-state index in [2.05, 4.69) is 27.9 Å². The molecule has 0 saturated carbocycles. The van der Waals surface area contributed by atoms with Crippen LogP contribution in [0, 0.1) is 3.57 Å². The minimum Gasteiger partial charge on any atom is -0.496 e. The van der Waals surface area contributed by atoms with Gasteiger partial charge in [-0.2, -0.15) is 0 Å². The molecule has 0 spiro atoms. The Bertz CT molecular complexity index is 1290. The van der Waals surface area contributed by atoms with Crippen LogP contribution in [0.3, 0.4) is 0 Å². The Balaban J connectivity index is 1.71. The number of methoxy groups -OCH3 is 1. The molecule has 166 valence electrons. The van der Waals surface area contributed by atoms with E-state index < -0.39 is 17.8 Å². The van der Waals surface area contributed by atoms with Crippen molar-refractivity contribution >= 4 is 63.8 Å². The Morgan fingerprint density at radius 3 is 2.42 bits per heavy atom. The highest BCUT2D eigenvalue weighted by Gasteiger charge is 2.36. The van der Waals surface area contributed by atoms with Gasteiger partial charge < -0.3 is 4.74 Å². The van der Waals surface area contributed by atoms with Gasteiger partial charge in [-0.05, 0) is 70.1 Å². The first kappa shape index (κ1) is 23.0. The van der Waals surface area contributed by atoms with Crippen LogP contribution in [0.5, 0.6) is 5.75 Å². The molecule has 0 unspecified atom stereocenters. The third kappa shape index (κ3) is 4.79. The fourth-order valence-electron chi connectivity index (χ4n) is 3.54. The molecule has 1 fully saturated rings. The molecule has 0 aliphatic carbocycles. The lowest BCUT2D eigenvalue weighted by molar-refractivity contribution is -0.122. The fraction of sp³-hybridized carbons (Fsp3) is 0.0800. The summed E-state index contributed by atoms with van der Waals surface area (Å²) in [6.07, 6.45) is 2.03. The number of para-hydroxylation sites is 1. The second-order valence-electron chi connectivity index (χ2n) is 7.25. The molecule has 1 saturated heterocycles. The number of halogens is 2. The van der Waals surface area contributed by atoms with Crippen molar-refractivity contribution in [3.05, 3.63) is 97.6 Å². The lowest BCUT2D eigenvalue weighted by Crippen LogP contribution is -2.54. The summed E-state index contributed by atoms with van der Waals surface area (Å²) < 4.78 is 6.49. The number of imide groups is 2. The van der Waals surface area contributed by atoms with E-state index in [4.69, 9.17) is 16.3 Å². The van der Waals surface area contributed by atoms with Crippen molar-refractivity contribution in [3.8, 4) is 5.75 Å². The minimum absolute atomic E-state index is 0.143. The Kier molecular flexibility index (Phi) is 6.80. The van der Waals surface area contributed by atoms with Crippen LogP contribution >= 0.6 is 34.2 Å². The predicted octanol–water partition coefficient (Wildman–Crippen LogP) is 5.21. The Labute approximate surface area is 209 Å². The molecule has 33 heavy (non-hydrogen) atoms. The van der Waals surface area contributed by atoms with Gasteiger partial charge >= 0.3 is 6.03 Å². The third-order valence-corrected chi connectivity index (χ3v) is 6.48. The van der Waals surface area contributed by atoms with Gasteiger partial charge in [-0.15, -0.1) is 0 Å². The lowest BCUT2D eigenvalue weighted by atomic mass is 10.0. The maximum Gasteiger partial charge on any atom is 0.335 e. The molecule has 0 radical (unpaired) electrons. The van der Waals surface area contributed by atoms with Crippen LogP contribution in [0.25, 0.3) is 6.08 Å². The largest absolute Gasteiger partial charge is 0.496 e. The summed E-state index contributed by atoms with van der Waals surface area (Å²) in [7, 11) is 1.56. The van der Waals surface area contributed by atoms with Crippen LogP contribution in [-0.2, 0) is 16.0 Å². The van der Waals surface area contributed by atoms with Crippen LogP contribution < -0.4 is 15.0 Å². The first-order valence-electron chi connectivity index (χ1n) is 9.95. The summed E-state index contributed by atoms with van der Waals surface area (Å²) in [4.78, 5) is 38.8. The fourth-order valence-corrected chi connectivity index (χ4v) is 4.55. The van der Waals surface area contributed by atoms with Crippen molar-refractivity contribution in [2.45, 2.75) is 6.42 Å². The molecule has 3 aromatic rings. The minimum atomic E-state index is -0.782. The predicted molar refractivity (Wildman–Crippen MR) is 135 cm³/mol. The van der Waals surface area contributed by atoms with Gasteiger partial charge in [0, 0.05) is 20.6 Å². The van der Waals surface area contributed by atoms with Gasteiger partial charge in [0.05, 0.1) is 12.8 Å². The molecule has 0 bridgehead atoms. The van der Waals surface area contributed by atoms with Crippen molar-refractivity contribution in [1.29, 1.82) is 0 Å². The number of hydrogen-bond donors (Lipinski definition) is 1. The molecule has 1 aliphatic heterocycles. The van der Waals surface area contributed by atoms with Gasteiger partial charge in [0.25, 0.3) is 11.8 Å². The molecule has 4 rings (SSSR count). The molecule has 4 amide bonds. The van der Waals surface area contributed by atoms with E-state index in [1.54, 1.807) is 43.5 Å². The smallest absolute Gasteiger partial charge is 0.335 e. The quantitative estimate of drug-likeness (QED) is 0.259. The number of ether oxygens (including phenoxy) is 1. The second kappa shape index (κ2) is 9.76. The standard InChI is InChI=1S/C25H18ClIN2O4/c1-33-22-13-15(12-21(27)18(22)14-16-7-5-6-10-20(16)26)11-19-23(30)28-25(32)29(24(19)31)17-8-3-2-4-9-17/h2-13H,14H2,1H3,(H,28,30,32)/b19-11+. The number of amides is 4. The number of nitrogens with zero attached hydrogens (tertiary/aromatic N) is 1. The Morgan fingerprint density at radius 2 is 1.73 bits per heavy atom. The number of rotatable bonds is 5. The zero-order valence-electron chi connectivity index (χ0n) is 17.5. The summed E-state index contributed by atoms with van der Waals surface area (Å²) in [5.41, 5.74) is 2.73. The van der Waals surface area contributed by atoms with Crippen molar-refractivity contribution in [2.24, 2.45) is 0 Å². The molecule has 1 heterocycles. The molecule has 1 aliphatic rings. The van der Waals surface area contributed by atoms with Crippen LogP contribution in [-0.4, -0.2) is 25.0 Å². The second-order valence-corrected chi connectivity index (χ2v) is 8.81. The normalized spacial score (nSPS) is 15.1. The number of benzene rings is 3. The number of urea groups is 1. The van der Waals surface area contributed by atoms with Gasteiger partial charge in [-0.1, -0.05) is 48.0 Å². The Morgan fingerprint density at radius 1 is 1.03 bits per heavy atom. The first-order valence-corrected chi connectivity index (χ1v) is 11.4. The number of barbiturate groups is 1. The van der Waals surface area contributed by atoms with E-state index in [0.29, 0.717) is 28.4 Å². The van der Waals surface area contributed by atoms with E-state index in [0.717, 1.165) is 19.6 Å². The van der Waals surface area contributed by atoms with Gasteiger partial charge in [0.2, 0.25) is 0 Å². The van der Waals surface area contributed by atoms with Crippen LogP contribution in [0.2, 0.25) is 5.02 Å². The van der Waals surface area contributed by atoms with Crippen LogP contribution in [0.4, 0.5) is 10.5 Å². The van der Waals surface area contributed by atoms with Crippen molar-refractivity contribution in [3.63, 3.8) is 0 Å². The Hall–Kier alpha value is -3.17. The topological polar surface area (TPSA) is 75.7 Å². The summed E-state index contributed by atoms with van der Waals surface area (Å²) in [5.74, 6) is -0.830. The number of anilines is 1. The van der Waals surface area contributed by atoms with Crippen LogP contribution in [0.15, 0.2) is 72.3 Å². The van der Waals surface area contributed by atoms with Gasteiger partial charge in [-0.25, -0.2) is 9.69 Å². The highest BCUT2D eigenvalue weighted by atomic mass is 127. The van der Waals surface area contributed by atoms with Gasteiger partial charge in [0.1, 0.15) is 11.3 Å². The average Bonchev–Trinajstić information content (AvgIpc) is 2.80. The van der Waals surface area contributed by atoms with Crippen molar-refractivity contribution in [2.75, 3.05) is 12.0 Å². The highest BCUT2D eigenvalue weighted by molar-refractivity contribution is 14.1. The van der Waals surface area contributed by atoms with Crippen molar-refractivity contribution < 1.29 is 19.1 Å². The molecule has 8 heteroatoms. The first-order chi connectivity index (χ1) is 15.9. The SMILES string of the molecule is COc1cc(/C=C2\C(=O)NC(=O)N(c3ccccc3)C2=O)cc(I)c1Cc1ccccc1Cl. The zero-order chi connectivity index (χ0) is 23.5.